The van der Waals surface area contributed by atoms with Crippen molar-refractivity contribution in [3.05, 3.63) is 70.8 Å². The molecule has 2 N–H and O–H groups in total. The van der Waals surface area contributed by atoms with E-state index in [0.717, 1.165) is 48.2 Å². The first-order valence-corrected chi connectivity index (χ1v) is 8.62. The van der Waals surface area contributed by atoms with Crippen molar-refractivity contribution in [2.45, 2.75) is 25.7 Å². The third kappa shape index (κ3) is 3.13. The van der Waals surface area contributed by atoms with Gasteiger partial charge in [0.1, 0.15) is 0 Å². The van der Waals surface area contributed by atoms with E-state index >= 15 is 0 Å². The Bertz CT molecular complexity index is 869. The van der Waals surface area contributed by atoms with Gasteiger partial charge in [0.05, 0.1) is 11.4 Å². The normalized spacial score (nSPS) is 17.8. The summed E-state index contributed by atoms with van der Waals surface area (Å²) >= 11 is 0. The molecule has 0 heterocycles. The summed E-state index contributed by atoms with van der Waals surface area (Å²) in [4.78, 5) is 23.9. The third-order valence-corrected chi connectivity index (χ3v) is 4.71. The molecule has 0 spiro atoms. The van der Waals surface area contributed by atoms with Crippen LogP contribution in [0.5, 0.6) is 0 Å². The Morgan fingerprint density at radius 2 is 1.08 bits per heavy atom. The zero-order valence-corrected chi connectivity index (χ0v) is 14.2. The molecule has 0 atom stereocenters. The zero-order chi connectivity index (χ0) is 17.9. The SMILES string of the molecule is O=C(NN=C1CCc2ccccc21)C(=O)NN=C1CCc2ccccc21. The van der Waals surface area contributed by atoms with Gasteiger partial charge in [-0.2, -0.15) is 10.2 Å². The Morgan fingerprint density at radius 3 is 1.54 bits per heavy atom. The summed E-state index contributed by atoms with van der Waals surface area (Å²) in [5.41, 5.74) is 10.7. The van der Waals surface area contributed by atoms with Crippen LogP contribution in [0.1, 0.15) is 35.1 Å². The van der Waals surface area contributed by atoms with E-state index in [0.29, 0.717) is 0 Å². The van der Waals surface area contributed by atoms with Crippen molar-refractivity contribution in [2.24, 2.45) is 10.2 Å². The molecule has 26 heavy (non-hydrogen) atoms. The summed E-state index contributed by atoms with van der Waals surface area (Å²) in [5, 5.41) is 8.22. The van der Waals surface area contributed by atoms with E-state index in [1.165, 1.54) is 11.1 Å². The molecule has 0 saturated heterocycles. The topological polar surface area (TPSA) is 82.9 Å². The van der Waals surface area contributed by atoms with E-state index < -0.39 is 11.8 Å². The molecular formula is C20H18N4O2. The summed E-state index contributed by atoms with van der Waals surface area (Å²) in [5.74, 6) is -1.64. The second-order valence-corrected chi connectivity index (χ2v) is 6.31. The molecule has 0 radical (unpaired) electrons. The summed E-state index contributed by atoms with van der Waals surface area (Å²) in [6, 6.07) is 15.9. The molecule has 0 aliphatic heterocycles. The van der Waals surface area contributed by atoms with Crippen LogP contribution in [-0.4, -0.2) is 23.2 Å². The molecule has 0 bridgehead atoms. The highest BCUT2D eigenvalue weighted by molar-refractivity contribution is 6.35. The summed E-state index contributed by atoms with van der Waals surface area (Å²) in [6.07, 6.45) is 3.29. The average molecular weight is 346 g/mol. The lowest BCUT2D eigenvalue weighted by atomic mass is 10.1. The van der Waals surface area contributed by atoms with Gasteiger partial charge < -0.3 is 0 Å². The van der Waals surface area contributed by atoms with E-state index in [4.69, 9.17) is 0 Å². The Labute approximate surface area is 151 Å². The number of hydrogen-bond acceptors (Lipinski definition) is 4. The van der Waals surface area contributed by atoms with Crippen LogP contribution >= 0.6 is 0 Å². The molecule has 2 aromatic carbocycles. The molecular weight excluding hydrogens is 328 g/mol. The fourth-order valence-corrected chi connectivity index (χ4v) is 3.39. The molecule has 2 aromatic rings. The highest BCUT2D eigenvalue weighted by Crippen LogP contribution is 2.22. The number of benzene rings is 2. The van der Waals surface area contributed by atoms with E-state index in [9.17, 15) is 9.59 Å². The molecule has 0 aromatic heterocycles. The first-order chi connectivity index (χ1) is 12.7. The molecule has 4 rings (SSSR count). The predicted molar refractivity (Wildman–Crippen MR) is 98.9 cm³/mol. The quantitative estimate of drug-likeness (QED) is 0.643. The van der Waals surface area contributed by atoms with Crippen LogP contribution in [-0.2, 0) is 22.4 Å². The Balaban J connectivity index is 1.38. The maximum Gasteiger partial charge on any atom is 0.331 e. The van der Waals surface area contributed by atoms with Crippen LogP contribution in [0.2, 0.25) is 0 Å². The number of carbonyl (C=O) groups is 2. The fourth-order valence-electron chi connectivity index (χ4n) is 3.39. The highest BCUT2D eigenvalue weighted by Gasteiger charge is 2.20. The molecule has 6 nitrogen and oxygen atoms in total. The van der Waals surface area contributed by atoms with Gasteiger partial charge in [0.15, 0.2) is 0 Å². The van der Waals surface area contributed by atoms with Gasteiger partial charge >= 0.3 is 11.8 Å². The molecule has 2 aliphatic rings. The molecule has 0 saturated carbocycles. The van der Waals surface area contributed by atoms with Crippen molar-refractivity contribution in [1.82, 2.24) is 10.9 Å². The Hall–Kier alpha value is -3.28. The standard InChI is InChI=1S/C20H18N4O2/c25-19(23-21-17-11-9-13-5-1-3-7-15(13)17)20(26)24-22-18-12-10-14-6-2-4-8-16(14)18/h1-8H,9-12H2,(H,23,25)(H,24,26). The lowest BCUT2D eigenvalue weighted by Gasteiger charge is -2.03. The van der Waals surface area contributed by atoms with Gasteiger partial charge in [0, 0.05) is 11.1 Å². The largest absolute Gasteiger partial charge is 0.331 e. The van der Waals surface area contributed by atoms with Gasteiger partial charge in [-0.25, -0.2) is 10.9 Å². The van der Waals surface area contributed by atoms with Gasteiger partial charge in [0.25, 0.3) is 0 Å². The van der Waals surface area contributed by atoms with E-state index in [1.807, 2.05) is 48.5 Å². The summed E-state index contributed by atoms with van der Waals surface area (Å²) in [7, 11) is 0. The minimum Gasteiger partial charge on any atom is -0.262 e. The number of hydrogen-bond donors (Lipinski definition) is 2. The average Bonchev–Trinajstić information content (AvgIpc) is 3.28. The van der Waals surface area contributed by atoms with Crippen LogP contribution < -0.4 is 10.9 Å². The predicted octanol–water partition coefficient (Wildman–Crippen LogP) is 1.92. The molecule has 2 aliphatic carbocycles. The third-order valence-electron chi connectivity index (χ3n) is 4.71. The van der Waals surface area contributed by atoms with E-state index in [2.05, 4.69) is 21.1 Å². The Morgan fingerprint density at radius 1 is 0.654 bits per heavy atom. The van der Waals surface area contributed by atoms with Crippen molar-refractivity contribution in [3.8, 4) is 0 Å². The Kier molecular flexibility index (Phi) is 4.31. The summed E-state index contributed by atoms with van der Waals surface area (Å²) < 4.78 is 0. The second-order valence-electron chi connectivity index (χ2n) is 6.31. The van der Waals surface area contributed by atoms with Crippen LogP contribution in [0.4, 0.5) is 0 Å². The minimum absolute atomic E-state index is 0.750. The van der Waals surface area contributed by atoms with Gasteiger partial charge in [-0.3, -0.25) is 9.59 Å². The van der Waals surface area contributed by atoms with Crippen molar-refractivity contribution in [3.63, 3.8) is 0 Å². The van der Waals surface area contributed by atoms with Crippen molar-refractivity contribution in [2.75, 3.05) is 0 Å². The maximum absolute atomic E-state index is 12.0. The lowest BCUT2D eigenvalue weighted by molar-refractivity contribution is -0.139. The number of aryl methyl sites for hydroxylation is 2. The number of nitrogens with one attached hydrogen (secondary N) is 2. The van der Waals surface area contributed by atoms with Crippen molar-refractivity contribution < 1.29 is 9.59 Å². The number of fused-ring (bicyclic) bond motifs is 2. The lowest BCUT2D eigenvalue weighted by Crippen LogP contribution is -2.36. The van der Waals surface area contributed by atoms with Crippen LogP contribution in [0.3, 0.4) is 0 Å². The molecule has 2 amide bonds. The van der Waals surface area contributed by atoms with Crippen LogP contribution in [0, 0.1) is 0 Å². The minimum atomic E-state index is -0.822. The summed E-state index contributed by atoms with van der Waals surface area (Å²) in [6.45, 7) is 0. The maximum atomic E-state index is 12.0. The van der Waals surface area contributed by atoms with Gasteiger partial charge in [-0.15, -0.1) is 0 Å². The number of hydrazone groups is 2. The van der Waals surface area contributed by atoms with Gasteiger partial charge in [0.2, 0.25) is 0 Å². The van der Waals surface area contributed by atoms with E-state index in [1.54, 1.807) is 0 Å². The number of carbonyl (C=O) groups excluding carboxylic acids is 2. The fraction of sp³-hybridized carbons (Fsp3) is 0.200. The molecule has 0 unspecified atom stereocenters. The molecule has 6 heteroatoms. The first-order valence-electron chi connectivity index (χ1n) is 8.62. The molecule has 130 valence electrons. The van der Waals surface area contributed by atoms with E-state index in [-0.39, 0.29) is 0 Å². The van der Waals surface area contributed by atoms with Gasteiger partial charge in [-0.1, -0.05) is 48.5 Å². The molecule has 0 fully saturated rings. The van der Waals surface area contributed by atoms with Crippen molar-refractivity contribution >= 4 is 23.2 Å². The monoisotopic (exact) mass is 346 g/mol. The zero-order valence-electron chi connectivity index (χ0n) is 14.2. The number of nitrogens with zero attached hydrogens (tertiary/aromatic N) is 2. The van der Waals surface area contributed by atoms with Crippen LogP contribution in [0.15, 0.2) is 58.7 Å². The number of rotatable bonds is 2. The van der Waals surface area contributed by atoms with Crippen molar-refractivity contribution in [1.29, 1.82) is 0 Å². The highest BCUT2D eigenvalue weighted by atomic mass is 16.2. The number of amides is 2. The first kappa shape index (κ1) is 16.2. The smallest absolute Gasteiger partial charge is 0.262 e. The van der Waals surface area contributed by atoms with Crippen LogP contribution in [0.25, 0.3) is 0 Å². The second kappa shape index (κ2) is 6.92. The van der Waals surface area contributed by atoms with Gasteiger partial charge in [-0.05, 0) is 36.8 Å².